The summed E-state index contributed by atoms with van der Waals surface area (Å²) >= 11 is 10.1. The zero-order valence-electron chi connectivity index (χ0n) is 13.3. The van der Waals surface area contributed by atoms with Crippen LogP contribution in [0.3, 0.4) is 0 Å². The molecule has 0 bridgehead atoms. The topological polar surface area (TPSA) is 90.5 Å². The van der Waals surface area contributed by atoms with Gasteiger partial charge >= 0.3 is 6.09 Å². The van der Waals surface area contributed by atoms with E-state index in [0.29, 0.717) is 5.82 Å². The Bertz CT molecular complexity index is 589. The molecular formula is C14H20N6O2S2. The van der Waals surface area contributed by atoms with Gasteiger partial charge in [0.25, 0.3) is 0 Å². The third-order valence-electron chi connectivity index (χ3n) is 3.19. The van der Waals surface area contributed by atoms with Crippen LogP contribution in [-0.2, 0) is 4.74 Å². The number of piperazine rings is 1. The van der Waals surface area contributed by atoms with Crippen LogP contribution < -0.4 is 26.2 Å². The number of nitrogens with one attached hydrogen (secondary N) is 4. The molecule has 1 aliphatic rings. The van der Waals surface area contributed by atoms with Gasteiger partial charge in [-0.1, -0.05) is 0 Å². The van der Waals surface area contributed by atoms with Gasteiger partial charge in [0.05, 0.1) is 18.5 Å². The van der Waals surface area contributed by atoms with Crippen LogP contribution in [0.5, 0.6) is 0 Å². The second-order valence-electron chi connectivity index (χ2n) is 4.89. The maximum Gasteiger partial charge on any atom is 0.413 e. The van der Waals surface area contributed by atoms with Gasteiger partial charge in [0, 0.05) is 26.2 Å². The molecule has 1 saturated heterocycles. The second kappa shape index (κ2) is 9.30. The lowest BCUT2D eigenvalue weighted by atomic mass is 10.3. The Hall–Kier alpha value is -2.04. The van der Waals surface area contributed by atoms with Gasteiger partial charge in [-0.3, -0.25) is 5.32 Å². The highest BCUT2D eigenvalue weighted by Gasteiger charge is 2.11. The van der Waals surface area contributed by atoms with E-state index in [1.807, 2.05) is 12.1 Å². The van der Waals surface area contributed by atoms with E-state index in [1.165, 1.54) is 0 Å². The second-order valence-corrected chi connectivity index (χ2v) is 5.71. The van der Waals surface area contributed by atoms with E-state index >= 15 is 0 Å². The van der Waals surface area contributed by atoms with Crippen molar-refractivity contribution in [2.75, 3.05) is 43.0 Å². The number of anilines is 2. The van der Waals surface area contributed by atoms with Crippen molar-refractivity contribution in [1.29, 1.82) is 0 Å². The predicted molar refractivity (Wildman–Crippen MR) is 101 cm³/mol. The molecule has 1 aliphatic heterocycles. The normalized spacial score (nSPS) is 13.8. The molecule has 8 nitrogen and oxygen atoms in total. The average Bonchev–Trinajstić information content (AvgIpc) is 2.56. The largest absolute Gasteiger partial charge is 0.450 e. The fourth-order valence-corrected chi connectivity index (χ4v) is 2.57. The number of alkyl carbamates (subject to hydrolysis) is 1. The Balaban J connectivity index is 1.81. The SMILES string of the molecule is CCOC(=O)NC(=S)NC(=S)Nc1ccc(N2CCNCC2)cn1. The lowest BCUT2D eigenvalue weighted by Crippen LogP contribution is -2.44. The Labute approximate surface area is 151 Å². The highest BCUT2D eigenvalue weighted by Crippen LogP contribution is 2.15. The molecule has 130 valence electrons. The lowest BCUT2D eigenvalue weighted by molar-refractivity contribution is 0.158. The molecule has 10 heteroatoms. The molecule has 0 spiro atoms. The summed E-state index contributed by atoms with van der Waals surface area (Å²) in [4.78, 5) is 17.8. The number of carbonyl (C=O) groups excluding carboxylic acids is 1. The first-order valence-electron chi connectivity index (χ1n) is 7.56. The quantitative estimate of drug-likeness (QED) is 0.579. The van der Waals surface area contributed by atoms with E-state index in [2.05, 4.69) is 31.2 Å². The van der Waals surface area contributed by atoms with Crippen molar-refractivity contribution in [3.8, 4) is 0 Å². The first-order chi connectivity index (χ1) is 11.6. The summed E-state index contributed by atoms with van der Waals surface area (Å²) in [5.74, 6) is 0.588. The van der Waals surface area contributed by atoms with Gasteiger partial charge in [-0.25, -0.2) is 9.78 Å². The number of hydrogen-bond acceptors (Lipinski definition) is 7. The maximum atomic E-state index is 11.2. The Morgan fingerprint density at radius 3 is 2.67 bits per heavy atom. The number of aromatic nitrogens is 1. The van der Waals surface area contributed by atoms with Crippen molar-refractivity contribution in [1.82, 2.24) is 20.9 Å². The van der Waals surface area contributed by atoms with Crippen LogP contribution in [-0.4, -0.2) is 54.1 Å². The van der Waals surface area contributed by atoms with E-state index in [4.69, 9.17) is 29.2 Å². The first-order valence-corrected chi connectivity index (χ1v) is 8.37. The molecule has 0 saturated carbocycles. The van der Waals surface area contributed by atoms with Crippen LogP contribution >= 0.6 is 24.4 Å². The molecule has 0 atom stereocenters. The fourth-order valence-electron chi connectivity index (χ4n) is 2.11. The third kappa shape index (κ3) is 5.87. The fraction of sp³-hybridized carbons (Fsp3) is 0.429. The van der Waals surface area contributed by atoms with Crippen LogP contribution in [0.2, 0.25) is 0 Å². The van der Waals surface area contributed by atoms with Crippen molar-refractivity contribution in [3.63, 3.8) is 0 Å². The number of rotatable bonds is 3. The van der Waals surface area contributed by atoms with Crippen LogP contribution in [0.4, 0.5) is 16.3 Å². The number of pyridine rings is 1. The van der Waals surface area contributed by atoms with Gasteiger partial charge in [-0.05, 0) is 43.5 Å². The summed E-state index contributed by atoms with van der Waals surface area (Å²) in [7, 11) is 0. The zero-order valence-corrected chi connectivity index (χ0v) is 14.9. The number of hydrogen-bond donors (Lipinski definition) is 4. The van der Waals surface area contributed by atoms with Crippen molar-refractivity contribution in [2.24, 2.45) is 0 Å². The summed E-state index contributed by atoms with van der Waals surface area (Å²) in [6, 6.07) is 3.83. The van der Waals surface area contributed by atoms with E-state index in [9.17, 15) is 4.79 Å². The summed E-state index contributed by atoms with van der Waals surface area (Å²) < 4.78 is 4.72. The molecule has 1 aromatic rings. The molecule has 4 N–H and O–H groups in total. The minimum Gasteiger partial charge on any atom is -0.450 e. The smallest absolute Gasteiger partial charge is 0.413 e. The summed E-state index contributed by atoms with van der Waals surface area (Å²) in [5.41, 5.74) is 1.07. The molecule has 2 rings (SSSR count). The van der Waals surface area contributed by atoms with Gasteiger partial charge in [-0.2, -0.15) is 0 Å². The molecule has 0 unspecified atom stereocenters. The summed E-state index contributed by atoms with van der Waals surface area (Å²) in [6.45, 7) is 5.83. The highest BCUT2D eigenvalue weighted by atomic mass is 32.1. The number of nitrogens with zero attached hydrogens (tertiary/aromatic N) is 2. The van der Waals surface area contributed by atoms with E-state index in [0.717, 1.165) is 31.9 Å². The van der Waals surface area contributed by atoms with Crippen molar-refractivity contribution >= 4 is 52.3 Å². The highest BCUT2D eigenvalue weighted by molar-refractivity contribution is 7.82. The minimum atomic E-state index is -0.628. The van der Waals surface area contributed by atoms with Crippen LogP contribution in [0.15, 0.2) is 18.3 Å². The number of carbonyl (C=O) groups is 1. The van der Waals surface area contributed by atoms with E-state index in [1.54, 1.807) is 13.1 Å². The lowest BCUT2D eigenvalue weighted by Gasteiger charge is -2.29. The van der Waals surface area contributed by atoms with Crippen molar-refractivity contribution < 1.29 is 9.53 Å². The third-order valence-corrected chi connectivity index (χ3v) is 3.60. The van der Waals surface area contributed by atoms with Gasteiger partial charge < -0.3 is 25.6 Å². The Morgan fingerprint density at radius 1 is 1.29 bits per heavy atom. The molecule has 1 aromatic heterocycles. The molecular weight excluding hydrogens is 348 g/mol. The molecule has 0 aromatic carbocycles. The molecule has 0 aliphatic carbocycles. The first kappa shape index (κ1) is 18.3. The Kier molecular flexibility index (Phi) is 7.09. The van der Waals surface area contributed by atoms with Crippen molar-refractivity contribution in [2.45, 2.75) is 6.92 Å². The zero-order chi connectivity index (χ0) is 17.4. The Morgan fingerprint density at radius 2 is 2.04 bits per heavy atom. The monoisotopic (exact) mass is 368 g/mol. The van der Waals surface area contributed by atoms with Gasteiger partial charge in [-0.15, -0.1) is 0 Å². The maximum absolute atomic E-state index is 11.2. The number of ether oxygens (including phenoxy) is 1. The average molecular weight is 368 g/mol. The minimum absolute atomic E-state index is 0.0587. The standard InChI is InChI=1S/C14H20N6O2S2/c1-2-22-14(21)19-13(24)18-12(23)17-11-4-3-10(9-16-11)20-7-5-15-6-8-20/h3-4,9,15H,2,5-8H2,1H3,(H3,16,17,18,19,21,23,24). The van der Waals surface area contributed by atoms with E-state index < -0.39 is 6.09 Å². The van der Waals surface area contributed by atoms with Crippen LogP contribution in [0.1, 0.15) is 6.92 Å². The van der Waals surface area contributed by atoms with Gasteiger partial charge in [0.15, 0.2) is 10.2 Å². The van der Waals surface area contributed by atoms with E-state index in [-0.39, 0.29) is 16.8 Å². The number of amides is 1. The van der Waals surface area contributed by atoms with Crippen LogP contribution in [0.25, 0.3) is 0 Å². The van der Waals surface area contributed by atoms with Crippen molar-refractivity contribution in [3.05, 3.63) is 18.3 Å². The predicted octanol–water partition coefficient (Wildman–Crippen LogP) is 0.809. The summed E-state index contributed by atoms with van der Waals surface area (Å²) in [6.07, 6.45) is 1.17. The molecule has 1 amide bonds. The molecule has 1 fully saturated rings. The molecule has 0 radical (unpaired) electrons. The molecule has 2 heterocycles. The number of thiocarbonyl (C=S) groups is 2. The summed E-state index contributed by atoms with van der Waals surface area (Å²) in [5, 5.41) is 11.5. The van der Waals surface area contributed by atoms with Gasteiger partial charge in [0.2, 0.25) is 0 Å². The van der Waals surface area contributed by atoms with Crippen LogP contribution in [0, 0.1) is 0 Å². The van der Waals surface area contributed by atoms with Gasteiger partial charge in [0.1, 0.15) is 5.82 Å². The molecule has 24 heavy (non-hydrogen) atoms.